The highest BCUT2D eigenvalue weighted by atomic mass is 19.4. The van der Waals surface area contributed by atoms with Gasteiger partial charge in [0, 0.05) is 44.3 Å². The Kier molecular flexibility index (Phi) is 10.7. The van der Waals surface area contributed by atoms with Crippen LogP contribution >= 0.6 is 0 Å². The SMILES string of the molecule is O=C(O)C(F)(F)F.O=C(O)C(F)(F)F.O=C1CCC2(CCN(c3ccccn3)CC2)N1CCN1CCCC1. The number of hydrogen-bond acceptors (Lipinski definition) is 6. The third-order valence-electron chi connectivity index (χ3n) is 6.67. The van der Waals surface area contributed by atoms with Crippen LogP contribution in [0.5, 0.6) is 0 Å². The number of carboxylic acids is 2. The van der Waals surface area contributed by atoms with Crippen molar-refractivity contribution in [3.8, 4) is 0 Å². The van der Waals surface area contributed by atoms with E-state index >= 15 is 0 Å². The molecular formula is C23H30F6N4O5. The molecule has 2 N–H and O–H groups in total. The zero-order valence-corrected chi connectivity index (χ0v) is 20.5. The molecule has 0 bridgehead atoms. The van der Waals surface area contributed by atoms with Crippen LogP contribution < -0.4 is 4.90 Å². The van der Waals surface area contributed by atoms with Crippen molar-refractivity contribution in [1.29, 1.82) is 0 Å². The summed E-state index contributed by atoms with van der Waals surface area (Å²) in [4.78, 5) is 41.9. The molecular weight excluding hydrogens is 526 g/mol. The number of anilines is 1. The van der Waals surface area contributed by atoms with Crippen molar-refractivity contribution in [2.75, 3.05) is 44.2 Å². The minimum absolute atomic E-state index is 0.113. The monoisotopic (exact) mass is 556 g/mol. The Hall–Kier alpha value is -3.10. The number of halogens is 6. The van der Waals surface area contributed by atoms with Crippen molar-refractivity contribution >= 4 is 23.7 Å². The molecule has 0 aromatic carbocycles. The smallest absolute Gasteiger partial charge is 0.475 e. The Bertz CT molecular complexity index is 906. The van der Waals surface area contributed by atoms with Gasteiger partial charge in [-0.15, -0.1) is 0 Å². The van der Waals surface area contributed by atoms with Gasteiger partial charge in [0.1, 0.15) is 5.82 Å². The quantitative estimate of drug-likeness (QED) is 0.543. The van der Waals surface area contributed by atoms with Gasteiger partial charge in [-0.25, -0.2) is 14.6 Å². The van der Waals surface area contributed by atoms with Crippen LogP contribution in [0.4, 0.5) is 32.2 Å². The molecule has 3 aliphatic rings. The van der Waals surface area contributed by atoms with Gasteiger partial charge in [-0.05, 0) is 57.3 Å². The molecule has 0 aliphatic carbocycles. The summed E-state index contributed by atoms with van der Waals surface area (Å²) in [7, 11) is 0. The number of rotatable bonds is 4. The number of aromatic nitrogens is 1. The number of carbonyl (C=O) groups excluding carboxylic acids is 1. The van der Waals surface area contributed by atoms with Gasteiger partial charge in [0.15, 0.2) is 0 Å². The topological polar surface area (TPSA) is 114 Å². The van der Waals surface area contributed by atoms with E-state index in [-0.39, 0.29) is 5.54 Å². The van der Waals surface area contributed by atoms with Crippen LogP contribution in [0, 0.1) is 0 Å². The third-order valence-corrected chi connectivity index (χ3v) is 6.67. The molecule has 4 heterocycles. The molecule has 1 amide bonds. The van der Waals surface area contributed by atoms with Crippen molar-refractivity contribution in [3.63, 3.8) is 0 Å². The second-order valence-corrected chi connectivity index (χ2v) is 9.10. The molecule has 3 saturated heterocycles. The molecule has 15 heteroatoms. The maximum atomic E-state index is 12.5. The highest BCUT2D eigenvalue weighted by molar-refractivity contribution is 5.80. The van der Waals surface area contributed by atoms with Crippen LogP contribution in [-0.2, 0) is 14.4 Å². The predicted molar refractivity (Wildman–Crippen MR) is 122 cm³/mol. The number of amides is 1. The first kappa shape index (κ1) is 31.1. The average molecular weight is 557 g/mol. The van der Waals surface area contributed by atoms with E-state index in [1.54, 1.807) is 0 Å². The molecule has 38 heavy (non-hydrogen) atoms. The summed E-state index contributed by atoms with van der Waals surface area (Å²) in [6.45, 7) is 6.40. The van der Waals surface area contributed by atoms with E-state index in [4.69, 9.17) is 19.8 Å². The van der Waals surface area contributed by atoms with Crippen molar-refractivity contribution in [2.24, 2.45) is 0 Å². The first-order valence-corrected chi connectivity index (χ1v) is 11.9. The fourth-order valence-corrected chi connectivity index (χ4v) is 4.70. The summed E-state index contributed by atoms with van der Waals surface area (Å²) < 4.78 is 63.5. The van der Waals surface area contributed by atoms with Crippen LogP contribution in [0.3, 0.4) is 0 Å². The van der Waals surface area contributed by atoms with E-state index in [2.05, 4.69) is 25.8 Å². The maximum Gasteiger partial charge on any atom is 0.490 e. The molecule has 4 rings (SSSR count). The number of likely N-dealkylation sites (tertiary alicyclic amines) is 2. The van der Waals surface area contributed by atoms with E-state index in [0.717, 1.165) is 57.7 Å². The van der Waals surface area contributed by atoms with Crippen molar-refractivity contribution in [3.05, 3.63) is 24.4 Å². The molecule has 1 spiro atoms. The Morgan fingerprint density at radius 1 is 0.868 bits per heavy atom. The molecule has 1 aromatic rings. The van der Waals surface area contributed by atoms with Crippen molar-refractivity contribution < 1.29 is 50.9 Å². The molecule has 3 aliphatic heterocycles. The van der Waals surface area contributed by atoms with Gasteiger partial charge in [-0.2, -0.15) is 26.3 Å². The van der Waals surface area contributed by atoms with E-state index in [9.17, 15) is 31.1 Å². The molecule has 1 aromatic heterocycles. The third kappa shape index (κ3) is 9.03. The average Bonchev–Trinajstić information content (AvgIpc) is 3.47. The largest absolute Gasteiger partial charge is 0.490 e. The maximum absolute atomic E-state index is 12.5. The first-order chi connectivity index (χ1) is 17.7. The Balaban J connectivity index is 0.000000301. The zero-order chi connectivity index (χ0) is 28.6. The van der Waals surface area contributed by atoms with Gasteiger partial charge in [-0.3, -0.25) is 4.79 Å². The van der Waals surface area contributed by atoms with Gasteiger partial charge in [0.2, 0.25) is 5.91 Å². The number of carbonyl (C=O) groups is 3. The van der Waals surface area contributed by atoms with E-state index in [1.807, 2.05) is 18.3 Å². The van der Waals surface area contributed by atoms with Gasteiger partial charge >= 0.3 is 24.3 Å². The first-order valence-electron chi connectivity index (χ1n) is 11.9. The lowest BCUT2D eigenvalue weighted by Gasteiger charge is -2.45. The van der Waals surface area contributed by atoms with Gasteiger partial charge < -0.3 is 24.9 Å². The summed E-state index contributed by atoms with van der Waals surface area (Å²) >= 11 is 0. The molecule has 0 saturated carbocycles. The van der Waals surface area contributed by atoms with Gasteiger partial charge in [-0.1, -0.05) is 6.07 Å². The van der Waals surface area contributed by atoms with Crippen molar-refractivity contribution in [1.82, 2.24) is 14.8 Å². The predicted octanol–water partition coefficient (Wildman–Crippen LogP) is 3.41. The number of aliphatic carboxylic acids is 2. The number of hydrogen-bond donors (Lipinski definition) is 2. The standard InChI is InChI=1S/C19H28N4O.2C2HF3O2/c24-18-6-7-19(23(18)16-15-21-11-3-4-12-21)8-13-22(14-9-19)17-5-1-2-10-20-17;2*3-2(4,5)1(6)7/h1-2,5,10H,3-4,6-9,11-16H2;2*(H,6,7). The minimum atomic E-state index is -5.08. The van der Waals surface area contributed by atoms with Crippen LogP contribution in [0.2, 0.25) is 0 Å². The molecule has 0 radical (unpaired) electrons. The summed E-state index contributed by atoms with van der Waals surface area (Å²) in [5.74, 6) is -4.07. The van der Waals surface area contributed by atoms with Crippen LogP contribution in [0.25, 0.3) is 0 Å². The second kappa shape index (κ2) is 13.1. The van der Waals surface area contributed by atoms with E-state index < -0.39 is 24.3 Å². The Labute approximate surface area is 215 Å². The molecule has 9 nitrogen and oxygen atoms in total. The fourth-order valence-electron chi connectivity index (χ4n) is 4.70. The number of piperidine rings is 1. The van der Waals surface area contributed by atoms with Gasteiger partial charge in [0.05, 0.1) is 0 Å². The summed E-state index contributed by atoms with van der Waals surface area (Å²) in [6.07, 6.45) is -1.73. The Morgan fingerprint density at radius 3 is 1.84 bits per heavy atom. The summed E-state index contributed by atoms with van der Waals surface area (Å²) in [5.41, 5.74) is 0.113. The zero-order valence-electron chi connectivity index (χ0n) is 20.5. The number of nitrogens with zero attached hydrogens (tertiary/aromatic N) is 4. The normalized spacial score (nSPS) is 19.5. The van der Waals surface area contributed by atoms with E-state index in [1.165, 1.54) is 25.9 Å². The lowest BCUT2D eigenvalue weighted by atomic mass is 9.85. The number of carboxylic acid groups (broad SMARTS) is 2. The Morgan fingerprint density at radius 2 is 1.39 bits per heavy atom. The fraction of sp³-hybridized carbons (Fsp3) is 0.652. The second-order valence-electron chi connectivity index (χ2n) is 9.10. The summed E-state index contributed by atoms with van der Waals surface area (Å²) in [5, 5.41) is 14.2. The summed E-state index contributed by atoms with van der Waals surface area (Å²) in [6, 6.07) is 6.10. The molecule has 0 atom stereocenters. The molecule has 0 unspecified atom stereocenters. The minimum Gasteiger partial charge on any atom is -0.475 e. The molecule has 3 fully saturated rings. The van der Waals surface area contributed by atoms with Crippen LogP contribution in [0.1, 0.15) is 38.5 Å². The highest BCUT2D eigenvalue weighted by Crippen LogP contribution is 2.39. The van der Waals surface area contributed by atoms with E-state index in [0.29, 0.717) is 5.91 Å². The van der Waals surface area contributed by atoms with Gasteiger partial charge in [0.25, 0.3) is 0 Å². The van der Waals surface area contributed by atoms with Crippen LogP contribution in [-0.4, -0.2) is 100 Å². The van der Waals surface area contributed by atoms with Crippen LogP contribution in [0.15, 0.2) is 24.4 Å². The van der Waals surface area contributed by atoms with Crippen molar-refractivity contribution in [2.45, 2.75) is 56.4 Å². The lowest BCUT2D eigenvalue weighted by Crippen LogP contribution is -2.54. The number of pyridine rings is 1. The lowest BCUT2D eigenvalue weighted by molar-refractivity contribution is -0.193. The molecule has 214 valence electrons. The number of alkyl halides is 6. The highest BCUT2D eigenvalue weighted by Gasteiger charge is 2.46.